The third-order valence-electron chi connectivity index (χ3n) is 4.75. The Morgan fingerprint density at radius 1 is 1.33 bits per heavy atom. The van der Waals surface area contributed by atoms with E-state index in [4.69, 9.17) is 14.8 Å². The molecule has 0 aliphatic carbocycles. The molecular formula is C19H16N4O2S2. The van der Waals surface area contributed by atoms with E-state index in [-0.39, 0.29) is 11.8 Å². The fraction of sp³-hybridized carbons (Fsp3) is 0.211. The van der Waals surface area contributed by atoms with Crippen molar-refractivity contribution in [2.24, 2.45) is 0 Å². The summed E-state index contributed by atoms with van der Waals surface area (Å²) >= 11 is 3.20. The minimum absolute atomic E-state index is 0.00447. The molecule has 0 bridgehead atoms. The highest BCUT2D eigenvalue weighted by Gasteiger charge is 2.33. The summed E-state index contributed by atoms with van der Waals surface area (Å²) in [6, 6.07) is 9.89. The van der Waals surface area contributed by atoms with Crippen molar-refractivity contribution >= 4 is 44.6 Å². The predicted molar refractivity (Wildman–Crippen MR) is 107 cm³/mol. The third-order valence-corrected chi connectivity index (χ3v) is 6.73. The van der Waals surface area contributed by atoms with Gasteiger partial charge in [0.15, 0.2) is 0 Å². The van der Waals surface area contributed by atoms with Crippen LogP contribution in [-0.4, -0.2) is 27.8 Å². The van der Waals surface area contributed by atoms with Gasteiger partial charge in [-0.25, -0.2) is 4.98 Å². The number of aryl methyl sites for hydroxylation is 1. The molecule has 0 unspecified atom stereocenters. The van der Waals surface area contributed by atoms with Crippen LogP contribution in [0.4, 0.5) is 5.82 Å². The Bertz CT molecular complexity index is 1160. The second-order valence-corrected chi connectivity index (χ2v) is 8.40. The number of carbonyl (C=O) groups excluding carboxylic acids is 1. The second kappa shape index (κ2) is 6.17. The molecule has 4 heterocycles. The van der Waals surface area contributed by atoms with E-state index in [2.05, 4.69) is 11.4 Å². The number of benzene rings is 1. The molecule has 1 aliphatic heterocycles. The Morgan fingerprint density at radius 3 is 3.00 bits per heavy atom. The Morgan fingerprint density at radius 2 is 2.22 bits per heavy atom. The van der Waals surface area contributed by atoms with Gasteiger partial charge in [0.2, 0.25) is 11.0 Å². The van der Waals surface area contributed by atoms with Crippen molar-refractivity contribution in [2.45, 2.75) is 19.3 Å². The average Bonchev–Trinajstić information content (AvgIpc) is 3.39. The zero-order valence-corrected chi connectivity index (χ0v) is 16.4. The number of anilines is 1. The number of hydrogen-bond donors (Lipinski definition) is 1. The molecule has 3 aromatic heterocycles. The number of carbonyl (C=O) groups is 1. The van der Waals surface area contributed by atoms with Crippen molar-refractivity contribution in [3.63, 3.8) is 0 Å². The molecule has 1 aromatic carbocycles. The smallest absolute Gasteiger partial charge is 0.226 e. The number of ether oxygens (including phenoxy) is 1. The normalized spacial score (nSPS) is 16.4. The lowest BCUT2D eigenvalue weighted by Gasteiger charge is -2.22. The first-order chi connectivity index (χ1) is 13.1. The van der Waals surface area contributed by atoms with E-state index in [0.717, 1.165) is 38.2 Å². The van der Waals surface area contributed by atoms with Crippen LogP contribution in [-0.2, 0) is 4.79 Å². The lowest BCUT2D eigenvalue weighted by molar-refractivity contribution is -0.116. The van der Waals surface area contributed by atoms with Crippen LogP contribution in [0.15, 0.2) is 35.7 Å². The van der Waals surface area contributed by atoms with Gasteiger partial charge in [0.05, 0.1) is 23.0 Å². The summed E-state index contributed by atoms with van der Waals surface area (Å²) in [5, 5.41) is 10.5. The van der Waals surface area contributed by atoms with Gasteiger partial charge in [-0.3, -0.25) is 4.79 Å². The van der Waals surface area contributed by atoms with E-state index >= 15 is 0 Å². The highest BCUT2D eigenvalue weighted by Crippen LogP contribution is 2.42. The van der Waals surface area contributed by atoms with E-state index in [9.17, 15) is 4.79 Å². The molecule has 5 rings (SSSR count). The number of nitrogens with zero attached hydrogens (tertiary/aromatic N) is 3. The molecule has 1 N–H and O–H groups in total. The van der Waals surface area contributed by atoms with Gasteiger partial charge in [0, 0.05) is 22.8 Å². The maximum absolute atomic E-state index is 12.4. The largest absolute Gasteiger partial charge is 0.497 e. The molecule has 1 amide bonds. The van der Waals surface area contributed by atoms with E-state index in [1.165, 1.54) is 16.2 Å². The monoisotopic (exact) mass is 396 g/mol. The highest BCUT2D eigenvalue weighted by molar-refractivity contribution is 7.20. The van der Waals surface area contributed by atoms with Gasteiger partial charge in [-0.15, -0.1) is 11.3 Å². The quantitative estimate of drug-likeness (QED) is 0.559. The molecule has 8 heteroatoms. The zero-order valence-electron chi connectivity index (χ0n) is 14.7. The van der Waals surface area contributed by atoms with Crippen molar-refractivity contribution in [3.8, 4) is 10.9 Å². The molecule has 6 nitrogen and oxygen atoms in total. The third kappa shape index (κ3) is 2.64. The zero-order chi connectivity index (χ0) is 18.5. The number of hydrogen-bond acceptors (Lipinski definition) is 6. The summed E-state index contributed by atoms with van der Waals surface area (Å²) in [6.45, 7) is 1.99. The van der Waals surface area contributed by atoms with Crippen molar-refractivity contribution in [2.75, 3.05) is 12.4 Å². The number of methoxy groups -OCH3 is 1. The number of thiazole rings is 1. The average molecular weight is 396 g/mol. The predicted octanol–water partition coefficient (Wildman–Crippen LogP) is 4.33. The molecule has 1 aliphatic rings. The highest BCUT2D eigenvalue weighted by atomic mass is 32.1. The summed E-state index contributed by atoms with van der Waals surface area (Å²) in [5.41, 5.74) is 2.88. The van der Waals surface area contributed by atoms with Gasteiger partial charge in [-0.05, 0) is 36.6 Å². The fourth-order valence-corrected chi connectivity index (χ4v) is 5.32. The number of amides is 1. The van der Waals surface area contributed by atoms with Crippen LogP contribution < -0.4 is 10.1 Å². The van der Waals surface area contributed by atoms with Crippen molar-refractivity contribution in [3.05, 3.63) is 51.8 Å². The van der Waals surface area contributed by atoms with E-state index in [1.54, 1.807) is 23.1 Å². The van der Waals surface area contributed by atoms with Gasteiger partial charge in [0.25, 0.3) is 0 Å². The molecule has 1 atom stereocenters. The first-order valence-electron chi connectivity index (χ1n) is 8.52. The van der Waals surface area contributed by atoms with Gasteiger partial charge >= 0.3 is 0 Å². The van der Waals surface area contributed by atoms with E-state index in [0.29, 0.717) is 6.42 Å². The maximum atomic E-state index is 12.4. The van der Waals surface area contributed by atoms with Crippen LogP contribution in [0.1, 0.15) is 28.5 Å². The summed E-state index contributed by atoms with van der Waals surface area (Å²) in [7, 11) is 1.65. The van der Waals surface area contributed by atoms with Gasteiger partial charge < -0.3 is 10.1 Å². The lowest BCUT2D eigenvalue weighted by atomic mass is 9.91. The van der Waals surface area contributed by atoms with Crippen molar-refractivity contribution in [1.29, 1.82) is 0 Å². The molecule has 136 valence electrons. The molecule has 0 spiro atoms. The SMILES string of the molecule is COc1ccc2nc(-n3nc(C)c4c3NC(=O)C[C@@H]4c3cccs3)sc2c1. The Labute approximate surface area is 163 Å². The van der Waals surface area contributed by atoms with Gasteiger partial charge in [0.1, 0.15) is 11.6 Å². The first-order valence-corrected chi connectivity index (χ1v) is 10.2. The number of fused-ring (bicyclic) bond motifs is 2. The topological polar surface area (TPSA) is 69.0 Å². The van der Waals surface area contributed by atoms with Crippen LogP contribution in [0.5, 0.6) is 5.75 Å². The Balaban J connectivity index is 1.67. The lowest BCUT2D eigenvalue weighted by Crippen LogP contribution is -2.24. The van der Waals surface area contributed by atoms with Crippen LogP contribution in [0.3, 0.4) is 0 Å². The van der Waals surface area contributed by atoms with Crippen LogP contribution >= 0.6 is 22.7 Å². The van der Waals surface area contributed by atoms with Crippen LogP contribution in [0.2, 0.25) is 0 Å². The Kier molecular flexibility index (Phi) is 3.76. The summed E-state index contributed by atoms with van der Waals surface area (Å²) in [6.07, 6.45) is 0.442. The standard InChI is InChI=1S/C19H16N4O2S2/c1-10-17-12(14-4-3-7-26-14)9-16(24)21-18(17)23(22-10)19-20-13-6-5-11(25-2)8-15(13)27-19/h3-8,12H,9H2,1-2H3,(H,21,24)/t12-/m1/s1. The second-order valence-electron chi connectivity index (χ2n) is 6.41. The van der Waals surface area contributed by atoms with E-state index in [1.807, 2.05) is 36.6 Å². The molecule has 0 radical (unpaired) electrons. The molecular weight excluding hydrogens is 380 g/mol. The molecule has 4 aromatic rings. The van der Waals surface area contributed by atoms with Gasteiger partial charge in [-0.2, -0.15) is 9.78 Å². The number of aromatic nitrogens is 3. The Hall–Kier alpha value is -2.71. The van der Waals surface area contributed by atoms with Crippen molar-refractivity contribution in [1.82, 2.24) is 14.8 Å². The number of nitrogens with one attached hydrogen (secondary N) is 1. The molecule has 0 fully saturated rings. The van der Waals surface area contributed by atoms with Gasteiger partial charge in [-0.1, -0.05) is 17.4 Å². The number of rotatable bonds is 3. The summed E-state index contributed by atoms with van der Waals surface area (Å²) in [5.74, 6) is 1.57. The fourth-order valence-electron chi connectivity index (χ4n) is 3.53. The van der Waals surface area contributed by atoms with Crippen LogP contribution in [0, 0.1) is 6.92 Å². The summed E-state index contributed by atoms with van der Waals surface area (Å²) in [4.78, 5) is 18.3. The minimum atomic E-state index is 0.00447. The molecule has 0 saturated carbocycles. The van der Waals surface area contributed by atoms with Crippen molar-refractivity contribution < 1.29 is 9.53 Å². The van der Waals surface area contributed by atoms with Crippen LogP contribution in [0.25, 0.3) is 15.3 Å². The van der Waals surface area contributed by atoms with E-state index < -0.39 is 0 Å². The maximum Gasteiger partial charge on any atom is 0.226 e. The minimum Gasteiger partial charge on any atom is -0.497 e. The molecule has 27 heavy (non-hydrogen) atoms. The number of thiophene rings is 1. The molecule has 0 saturated heterocycles. The summed E-state index contributed by atoms with van der Waals surface area (Å²) < 4.78 is 8.08. The first kappa shape index (κ1) is 16.5.